The third-order valence-corrected chi connectivity index (χ3v) is 3.84. The fraction of sp³-hybridized carbons (Fsp3) is 0.429. The monoisotopic (exact) mass is 312 g/mol. The third-order valence-electron chi connectivity index (χ3n) is 3.44. The minimum absolute atomic E-state index is 0.0961. The molecule has 1 aliphatic heterocycles. The Bertz CT molecular complexity index is 662. The van der Waals surface area contributed by atoms with Gasteiger partial charge in [0.2, 0.25) is 0 Å². The Morgan fingerprint density at radius 3 is 2.67 bits per heavy atom. The van der Waals surface area contributed by atoms with Gasteiger partial charge < -0.3 is 9.50 Å². The summed E-state index contributed by atoms with van der Waals surface area (Å²) in [4.78, 5) is 2.22. The van der Waals surface area contributed by atoms with Crippen LogP contribution in [0.1, 0.15) is 16.7 Å². The zero-order chi connectivity index (χ0) is 15.5. The zero-order valence-electron chi connectivity index (χ0n) is 11.7. The van der Waals surface area contributed by atoms with Gasteiger partial charge in [-0.05, 0) is 30.2 Å². The average molecular weight is 312 g/mol. The Balaban J connectivity index is 2.30. The lowest BCUT2D eigenvalue weighted by atomic mass is 10.0. The van der Waals surface area contributed by atoms with Gasteiger partial charge in [-0.15, -0.1) is 6.42 Å². The molecule has 0 radical (unpaired) electrons. The van der Waals surface area contributed by atoms with Crippen LogP contribution in [0.25, 0.3) is 0 Å². The second-order valence-corrected chi connectivity index (χ2v) is 5.85. The molecule has 0 aliphatic carbocycles. The molecule has 0 atom stereocenters. The highest BCUT2D eigenvalue weighted by atomic mass is 32.3. The second kappa shape index (κ2) is 6.43. The van der Waals surface area contributed by atoms with Crippen LogP contribution in [-0.2, 0) is 17.0 Å². The summed E-state index contributed by atoms with van der Waals surface area (Å²) in [5.74, 6) is 2.37. The predicted molar refractivity (Wildman–Crippen MR) is 77.9 cm³/mol. The zero-order valence-corrected chi connectivity index (χ0v) is 12.5. The van der Waals surface area contributed by atoms with Gasteiger partial charge in [0, 0.05) is 38.3 Å². The maximum atomic E-state index is 12.7. The standard InChI is InChI=1S/C14H17FN2O3S/c1-3-12-8-14(20-21(15,18)19)9-13(11(12)2)10-17-6-4-16-5-7-17/h1,8-9,16H,4-7,10H2,2H3. The number of hydrogen-bond acceptors (Lipinski definition) is 5. The fourth-order valence-corrected chi connectivity index (χ4v) is 2.66. The van der Waals surface area contributed by atoms with Gasteiger partial charge in [-0.25, -0.2) is 0 Å². The molecule has 1 fully saturated rings. The number of halogens is 1. The highest BCUT2D eigenvalue weighted by Crippen LogP contribution is 2.24. The second-order valence-electron chi connectivity index (χ2n) is 4.90. The summed E-state index contributed by atoms with van der Waals surface area (Å²) in [5, 5.41) is 3.25. The van der Waals surface area contributed by atoms with Crippen molar-refractivity contribution in [2.45, 2.75) is 13.5 Å². The van der Waals surface area contributed by atoms with Crippen molar-refractivity contribution in [1.29, 1.82) is 0 Å². The molecule has 1 aromatic carbocycles. The quantitative estimate of drug-likeness (QED) is 0.663. The Morgan fingerprint density at radius 2 is 2.10 bits per heavy atom. The molecule has 114 valence electrons. The highest BCUT2D eigenvalue weighted by molar-refractivity contribution is 7.81. The third kappa shape index (κ3) is 4.43. The van der Waals surface area contributed by atoms with E-state index in [2.05, 4.69) is 20.3 Å². The van der Waals surface area contributed by atoms with Crippen LogP contribution in [-0.4, -0.2) is 39.5 Å². The number of piperazine rings is 1. The van der Waals surface area contributed by atoms with Crippen molar-refractivity contribution in [3.05, 3.63) is 28.8 Å². The van der Waals surface area contributed by atoms with Gasteiger partial charge in [-0.3, -0.25) is 4.90 Å². The summed E-state index contributed by atoms with van der Waals surface area (Å²) in [6, 6.07) is 2.88. The Hall–Kier alpha value is -1.62. The normalized spacial score (nSPS) is 16.4. The van der Waals surface area contributed by atoms with Gasteiger partial charge >= 0.3 is 10.5 Å². The van der Waals surface area contributed by atoms with Gasteiger partial charge in [-0.2, -0.15) is 8.42 Å². The number of terminal acetylenes is 1. The van der Waals surface area contributed by atoms with Crippen molar-refractivity contribution in [2.24, 2.45) is 0 Å². The number of benzene rings is 1. The SMILES string of the molecule is C#Cc1cc(OS(=O)(=O)F)cc(CN2CCNCC2)c1C. The predicted octanol–water partition coefficient (Wildman–Crippen LogP) is 0.975. The van der Waals surface area contributed by atoms with Gasteiger partial charge in [0.25, 0.3) is 0 Å². The van der Waals surface area contributed by atoms with Crippen LogP contribution in [0.2, 0.25) is 0 Å². The highest BCUT2D eigenvalue weighted by Gasteiger charge is 2.16. The summed E-state index contributed by atoms with van der Waals surface area (Å²) in [5.41, 5.74) is 2.21. The van der Waals surface area contributed by atoms with Gasteiger partial charge in [-0.1, -0.05) is 9.81 Å². The first kappa shape index (κ1) is 15.8. The van der Waals surface area contributed by atoms with E-state index in [9.17, 15) is 12.3 Å². The van der Waals surface area contributed by atoms with E-state index >= 15 is 0 Å². The first-order chi connectivity index (χ1) is 9.89. The van der Waals surface area contributed by atoms with E-state index < -0.39 is 10.5 Å². The molecule has 0 amide bonds. The molecule has 1 N–H and O–H groups in total. The van der Waals surface area contributed by atoms with Gasteiger partial charge in [0.15, 0.2) is 0 Å². The molecular weight excluding hydrogens is 295 g/mol. The van der Waals surface area contributed by atoms with E-state index in [4.69, 9.17) is 6.42 Å². The first-order valence-corrected chi connectivity index (χ1v) is 7.87. The molecule has 0 spiro atoms. The molecule has 0 bridgehead atoms. The van der Waals surface area contributed by atoms with Crippen LogP contribution < -0.4 is 9.50 Å². The lowest BCUT2D eigenvalue weighted by molar-refractivity contribution is 0.232. The van der Waals surface area contributed by atoms with Crippen LogP contribution in [0.3, 0.4) is 0 Å². The number of hydrogen-bond donors (Lipinski definition) is 1. The molecule has 1 aromatic rings. The van der Waals surface area contributed by atoms with Gasteiger partial charge in [0.1, 0.15) is 5.75 Å². The van der Waals surface area contributed by atoms with E-state index in [1.54, 1.807) is 0 Å². The average Bonchev–Trinajstić information content (AvgIpc) is 2.41. The Labute approximate surface area is 124 Å². The van der Waals surface area contributed by atoms with Crippen LogP contribution in [0.4, 0.5) is 3.89 Å². The minimum Gasteiger partial charge on any atom is -0.358 e. The van der Waals surface area contributed by atoms with Crippen molar-refractivity contribution in [1.82, 2.24) is 10.2 Å². The van der Waals surface area contributed by atoms with Crippen molar-refractivity contribution < 1.29 is 16.5 Å². The maximum absolute atomic E-state index is 12.7. The van der Waals surface area contributed by atoms with E-state index in [1.807, 2.05) is 6.92 Å². The first-order valence-electron chi connectivity index (χ1n) is 6.56. The lowest BCUT2D eigenvalue weighted by Gasteiger charge is -2.28. The molecule has 7 heteroatoms. The van der Waals surface area contributed by atoms with Crippen LogP contribution in [0, 0.1) is 19.3 Å². The molecule has 5 nitrogen and oxygen atoms in total. The topological polar surface area (TPSA) is 58.6 Å². The minimum atomic E-state index is -5.06. The molecule has 0 aromatic heterocycles. The number of nitrogens with zero attached hydrogens (tertiary/aromatic N) is 1. The van der Waals surface area contributed by atoms with E-state index in [-0.39, 0.29) is 5.75 Å². The molecule has 1 saturated heterocycles. The van der Waals surface area contributed by atoms with E-state index in [0.29, 0.717) is 12.1 Å². The van der Waals surface area contributed by atoms with E-state index in [1.165, 1.54) is 12.1 Å². The van der Waals surface area contributed by atoms with Crippen molar-refractivity contribution in [2.75, 3.05) is 26.2 Å². The van der Waals surface area contributed by atoms with Crippen molar-refractivity contribution in [3.8, 4) is 18.1 Å². The molecule has 0 saturated carbocycles. The summed E-state index contributed by atoms with van der Waals surface area (Å²) >= 11 is 0. The molecule has 1 aliphatic rings. The summed E-state index contributed by atoms with van der Waals surface area (Å²) in [6.45, 7) is 6.05. The molecule has 1 heterocycles. The smallest absolute Gasteiger partial charge is 0.358 e. The lowest BCUT2D eigenvalue weighted by Crippen LogP contribution is -2.43. The largest absolute Gasteiger partial charge is 0.488 e. The summed E-state index contributed by atoms with van der Waals surface area (Å²) in [7, 11) is -5.06. The molecular formula is C14H17FN2O3S. The van der Waals surface area contributed by atoms with E-state index in [0.717, 1.165) is 37.3 Å². The fourth-order valence-electron chi connectivity index (χ4n) is 2.33. The van der Waals surface area contributed by atoms with Crippen molar-refractivity contribution in [3.63, 3.8) is 0 Å². The summed E-state index contributed by atoms with van der Waals surface area (Å²) in [6.07, 6.45) is 5.41. The Morgan fingerprint density at radius 1 is 1.43 bits per heavy atom. The van der Waals surface area contributed by atoms with Gasteiger partial charge in [0.05, 0.1) is 0 Å². The molecule has 21 heavy (non-hydrogen) atoms. The number of nitrogens with one attached hydrogen (secondary N) is 1. The summed E-state index contributed by atoms with van der Waals surface area (Å²) < 4.78 is 38.2. The van der Waals surface area contributed by atoms with Crippen LogP contribution >= 0.6 is 0 Å². The number of rotatable bonds is 4. The van der Waals surface area contributed by atoms with Crippen LogP contribution in [0.5, 0.6) is 5.75 Å². The Kier molecular flexibility index (Phi) is 4.83. The van der Waals surface area contributed by atoms with Crippen molar-refractivity contribution >= 4 is 10.5 Å². The molecule has 0 unspecified atom stereocenters. The maximum Gasteiger partial charge on any atom is 0.488 e. The van der Waals surface area contributed by atoms with Crippen LogP contribution in [0.15, 0.2) is 12.1 Å². The molecule has 2 rings (SSSR count).